The molecule has 1 saturated heterocycles. The molecule has 1 amide bonds. The molecule has 9 nitrogen and oxygen atoms in total. The number of unbranched alkanes of at least 4 members (excludes halogenated alkanes) is 10. The van der Waals surface area contributed by atoms with Gasteiger partial charge in [-0.2, -0.15) is 0 Å². The highest BCUT2D eigenvalue weighted by atomic mass is 16.7. The summed E-state index contributed by atoms with van der Waals surface area (Å²) in [6, 6.07) is -0.810. The van der Waals surface area contributed by atoms with E-state index in [1.165, 1.54) is 44.9 Å². The molecule has 1 aliphatic rings. The molecule has 39 heavy (non-hydrogen) atoms. The lowest BCUT2D eigenvalue weighted by Crippen LogP contribution is -2.60. The Bertz CT molecular complexity index is 671. The number of carbonyl (C=O) groups is 1. The molecule has 1 aliphatic heterocycles. The molecule has 0 radical (unpaired) electrons. The van der Waals surface area contributed by atoms with Crippen molar-refractivity contribution in [3.63, 3.8) is 0 Å². The van der Waals surface area contributed by atoms with E-state index < -0.39 is 49.5 Å². The maximum absolute atomic E-state index is 12.4. The third kappa shape index (κ3) is 15.3. The van der Waals surface area contributed by atoms with Crippen LogP contribution in [0, 0.1) is 0 Å². The van der Waals surface area contributed by atoms with Gasteiger partial charge in [0.2, 0.25) is 5.91 Å². The number of allylic oxidation sites excluding steroid dienone is 3. The molecule has 1 heterocycles. The van der Waals surface area contributed by atoms with Crippen LogP contribution in [0.3, 0.4) is 0 Å². The number of nitrogens with one attached hydrogen (secondary N) is 1. The van der Waals surface area contributed by atoms with Crippen molar-refractivity contribution in [2.24, 2.45) is 0 Å². The van der Waals surface area contributed by atoms with Crippen molar-refractivity contribution in [3.8, 4) is 0 Å². The molecule has 7 atom stereocenters. The lowest BCUT2D eigenvalue weighted by atomic mass is 9.99. The van der Waals surface area contributed by atoms with Gasteiger partial charge in [-0.25, -0.2) is 0 Å². The number of carbonyl (C=O) groups excluding carboxylic acids is 1. The average molecular weight is 558 g/mol. The summed E-state index contributed by atoms with van der Waals surface area (Å²) < 4.78 is 11.0. The normalized spacial score (nSPS) is 25.4. The zero-order valence-electron chi connectivity index (χ0n) is 24.1. The molecule has 7 unspecified atom stereocenters. The van der Waals surface area contributed by atoms with Crippen molar-refractivity contribution in [1.29, 1.82) is 0 Å². The van der Waals surface area contributed by atoms with E-state index in [-0.39, 0.29) is 12.5 Å². The first-order valence-electron chi connectivity index (χ1n) is 15.1. The van der Waals surface area contributed by atoms with Crippen LogP contribution in [0.5, 0.6) is 0 Å². The Morgan fingerprint density at radius 2 is 1.46 bits per heavy atom. The number of hydrogen-bond donors (Lipinski definition) is 6. The van der Waals surface area contributed by atoms with Crippen LogP contribution in [0.2, 0.25) is 0 Å². The molecule has 0 bridgehead atoms. The topological polar surface area (TPSA) is 149 Å². The van der Waals surface area contributed by atoms with Crippen LogP contribution in [0.4, 0.5) is 0 Å². The molecule has 9 heteroatoms. The fraction of sp³-hybridized carbons (Fsp3) is 0.833. The van der Waals surface area contributed by atoms with Gasteiger partial charge in [-0.3, -0.25) is 4.79 Å². The third-order valence-electron chi connectivity index (χ3n) is 7.03. The SMILES string of the molecule is CCCCCCCCCC=CCCC=CC(O)C(COC1OC(CO)C(O)C(O)C1O)NC(=O)CCCCC. The summed E-state index contributed by atoms with van der Waals surface area (Å²) in [5, 5.41) is 53.1. The van der Waals surface area contributed by atoms with E-state index in [9.17, 15) is 30.3 Å². The van der Waals surface area contributed by atoms with Gasteiger partial charge in [0.15, 0.2) is 6.29 Å². The maximum atomic E-state index is 12.4. The first-order chi connectivity index (χ1) is 18.8. The van der Waals surface area contributed by atoms with Crippen LogP contribution in [-0.4, -0.2) is 87.5 Å². The van der Waals surface area contributed by atoms with Gasteiger partial charge < -0.3 is 40.3 Å². The van der Waals surface area contributed by atoms with E-state index in [4.69, 9.17) is 9.47 Å². The van der Waals surface area contributed by atoms with Crippen molar-refractivity contribution in [3.05, 3.63) is 24.3 Å². The fourth-order valence-corrected chi connectivity index (χ4v) is 4.46. The van der Waals surface area contributed by atoms with E-state index in [0.717, 1.165) is 38.5 Å². The lowest BCUT2D eigenvalue weighted by molar-refractivity contribution is -0.302. The summed E-state index contributed by atoms with van der Waals surface area (Å²) in [6.07, 6.45) is 14.5. The van der Waals surface area contributed by atoms with E-state index in [2.05, 4.69) is 24.4 Å². The second-order valence-corrected chi connectivity index (χ2v) is 10.5. The van der Waals surface area contributed by atoms with Crippen molar-refractivity contribution in [2.75, 3.05) is 13.2 Å². The van der Waals surface area contributed by atoms with Gasteiger partial charge in [-0.1, -0.05) is 89.5 Å². The molecule has 0 spiro atoms. The second-order valence-electron chi connectivity index (χ2n) is 10.5. The minimum atomic E-state index is -1.56. The summed E-state index contributed by atoms with van der Waals surface area (Å²) in [7, 11) is 0. The van der Waals surface area contributed by atoms with E-state index in [0.29, 0.717) is 6.42 Å². The molecular formula is C30H55NO8. The molecule has 0 aromatic heterocycles. The van der Waals surface area contributed by atoms with E-state index in [1.54, 1.807) is 6.08 Å². The van der Waals surface area contributed by atoms with Gasteiger partial charge in [-0.05, 0) is 32.1 Å². The second kappa shape index (κ2) is 22.4. The van der Waals surface area contributed by atoms with E-state index in [1.807, 2.05) is 13.0 Å². The van der Waals surface area contributed by atoms with Gasteiger partial charge in [0, 0.05) is 6.42 Å². The zero-order valence-corrected chi connectivity index (χ0v) is 24.1. The quantitative estimate of drug-likeness (QED) is 0.0878. The Morgan fingerprint density at radius 1 is 0.846 bits per heavy atom. The van der Waals surface area contributed by atoms with Crippen LogP contribution in [0.25, 0.3) is 0 Å². The van der Waals surface area contributed by atoms with E-state index >= 15 is 0 Å². The van der Waals surface area contributed by atoms with Crippen LogP contribution in [-0.2, 0) is 14.3 Å². The molecule has 0 aromatic rings. The molecule has 1 rings (SSSR count). The summed E-state index contributed by atoms with van der Waals surface area (Å²) in [5.74, 6) is -0.216. The summed E-state index contributed by atoms with van der Waals surface area (Å²) in [5.41, 5.74) is 0. The number of aliphatic hydroxyl groups excluding tert-OH is 5. The Balaban J connectivity index is 2.53. The smallest absolute Gasteiger partial charge is 0.220 e. The molecule has 1 fully saturated rings. The summed E-state index contributed by atoms with van der Waals surface area (Å²) in [6.45, 7) is 3.51. The molecule has 0 aromatic carbocycles. The third-order valence-corrected chi connectivity index (χ3v) is 7.03. The highest BCUT2D eigenvalue weighted by Crippen LogP contribution is 2.22. The molecular weight excluding hydrogens is 502 g/mol. The maximum Gasteiger partial charge on any atom is 0.220 e. The highest BCUT2D eigenvalue weighted by molar-refractivity contribution is 5.76. The Labute approximate surface area is 235 Å². The van der Waals surface area contributed by atoms with Gasteiger partial charge >= 0.3 is 0 Å². The summed E-state index contributed by atoms with van der Waals surface area (Å²) >= 11 is 0. The number of rotatable bonds is 22. The molecule has 228 valence electrons. The van der Waals surface area contributed by atoms with Gasteiger partial charge in [-0.15, -0.1) is 0 Å². The van der Waals surface area contributed by atoms with Crippen molar-refractivity contribution >= 4 is 5.91 Å². The molecule has 6 N–H and O–H groups in total. The average Bonchev–Trinajstić information content (AvgIpc) is 2.93. The monoisotopic (exact) mass is 557 g/mol. The lowest BCUT2D eigenvalue weighted by Gasteiger charge is -2.40. The van der Waals surface area contributed by atoms with Crippen LogP contribution in [0.1, 0.15) is 104 Å². The predicted molar refractivity (Wildman–Crippen MR) is 152 cm³/mol. The van der Waals surface area contributed by atoms with Gasteiger partial charge in [0.1, 0.15) is 24.4 Å². The summed E-state index contributed by atoms with van der Waals surface area (Å²) in [4.78, 5) is 12.4. The minimum absolute atomic E-state index is 0.202. The standard InChI is InChI=1S/C30H55NO8/c1-3-5-7-8-9-10-11-12-13-14-15-16-18-19-24(33)23(31-26(34)20-17-6-4-2)22-38-30-29(37)28(36)27(35)25(21-32)39-30/h13-14,18-19,23-25,27-30,32-33,35-37H,3-12,15-17,20-22H2,1-2H3,(H,31,34). The van der Waals surface area contributed by atoms with Gasteiger partial charge in [0.25, 0.3) is 0 Å². The Hall–Kier alpha value is -1.33. The van der Waals surface area contributed by atoms with Crippen LogP contribution in [0.15, 0.2) is 24.3 Å². The van der Waals surface area contributed by atoms with Crippen LogP contribution >= 0.6 is 0 Å². The zero-order chi connectivity index (χ0) is 28.9. The highest BCUT2D eigenvalue weighted by Gasteiger charge is 2.44. The first kappa shape index (κ1) is 35.7. The number of ether oxygens (including phenoxy) is 2. The van der Waals surface area contributed by atoms with Crippen LogP contribution < -0.4 is 5.32 Å². The molecule has 0 aliphatic carbocycles. The van der Waals surface area contributed by atoms with Crippen molar-refractivity contribution < 1.29 is 39.8 Å². The molecule has 0 saturated carbocycles. The van der Waals surface area contributed by atoms with Gasteiger partial charge in [0.05, 0.1) is 25.4 Å². The number of aliphatic hydroxyl groups is 5. The Kier molecular flexibility index (Phi) is 20.5. The largest absolute Gasteiger partial charge is 0.394 e. The number of hydrogen-bond acceptors (Lipinski definition) is 8. The first-order valence-corrected chi connectivity index (χ1v) is 15.1. The van der Waals surface area contributed by atoms with Crippen molar-refractivity contribution in [2.45, 2.75) is 147 Å². The van der Waals surface area contributed by atoms with Crippen molar-refractivity contribution in [1.82, 2.24) is 5.32 Å². The predicted octanol–water partition coefficient (Wildman–Crippen LogP) is 3.26. The fourth-order valence-electron chi connectivity index (χ4n) is 4.46. The minimum Gasteiger partial charge on any atom is -0.394 e. The number of amides is 1. The Morgan fingerprint density at radius 3 is 2.15 bits per heavy atom.